The number of hydrogen-bond acceptors (Lipinski definition) is 5. The lowest BCUT2D eigenvalue weighted by molar-refractivity contribution is -0.137. The summed E-state index contributed by atoms with van der Waals surface area (Å²) in [5.74, 6) is -0.368. The van der Waals surface area contributed by atoms with Gasteiger partial charge in [-0.15, -0.1) is 17.9 Å². The van der Waals surface area contributed by atoms with Crippen molar-refractivity contribution in [3.05, 3.63) is 29.9 Å². The third-order valence-electron chi connectivity index (χ3n) is 2.46. The van der Waals surface area contributed by atoms with Crippen LogP contribution in [0.3, 0.4) is 0 Å². The molecule has 94 valence electrons. The summed E-state index contributed by atoms with van der Waals surface area (Å²) in [7, 11) is 0. The standard InChI is InChI=1S/C12H13N3O2S/c1-3-4-9(12(16)17)15-10-8-5-7(2)18-11(8)14-6-13-10/h3,5-6,9H,1,4H2,2H3,(H,16,17)(H,13,14,15). The van der Waals surface area contributed by atoms with Gasteiger partial charge in [-0.1, -0.05) is 6.08 Å². The molecular formula is C12H13N3O2S. The van der Waals surface area contributed by atoms with Gasteiger partial charge in [0.25, 0.3) is 0 Å². The maximum Gasteiger partial charge on any atom is 0.326 e. The van der Waals surface area contributed by atoms with Gasteiger partial charge >= 0.3 is 5.97 Å². The average molecular weight is 263 g/mol. The van der Waals surface area contributed by atoms with Crippen molar-refractivity contribution in [1.29, 1.82) is 0 Å². The second kappa shape index (κ2) is 5.14. The van der Waals surface area contributed by atoms with E-state index in [1.807, 2.05) is 13.0 Å². The Balaban J connectivity index is 2.35. The summed E-state index contributed by atoms with van der Waals surface area (Å²) in [5, 5.41) is 12.9. The van der Waals surface area contributed by atoms with Crippen LogP contribution in [-0.2, 0) is 4.79 Å². The minimum absolute atomic E-state index is 0.337. The van der Waals surface area contributed by atoms with Gasteiger partial charge < -0.3 is 10.4 Å². The van der Waals surface area contributed by atoms with Gasteiger partial charge in [0.2, 0.25) is 0 Å². The van der Waals surface area contributed by atoms with E-state index in [4.69, 9.17) is 5.11 Å². The number of nitrogens with one attached hydrogen (secondary N) is 1. The maximum absolute atomic E-state index is 11.1. The van der Waals surface area contributed by atoms with E-state index >= 15 is 0 Å². The van der Waals surface area contributed by atoms with Gasteiger partial charge in [0, 0.05) is 4.88 Å². The summed E-state index contributed by atoms with van der Waals surface area (Å²) in [6.07, 6.45) is 3.35. The third kappa shape index (κ3) is 2.48. The summed E-state index contributed by atoms with van der Waals surface area (Å²) in [5.41, 5.74) is 0. The second-order valence-corrected chi connectivity index (χ2v) is 5.09. The van der Waals surface area contributed by atoms with Crippen molar-refractivity contribution < 1.29 is 9.90 Å². The van der Waals surface area contributed by atoms with E-state index in [0.717, 1.165) is 15.1 Å². The predicted molar refractivity (Wildman–Crippen MR) is 72.0 cm³/mol. The van der Waals surface area contributed by atoms with Crippen molar-refractivity contribution in [2.24, 2.45) is 0 Å². The largest absolute Gasteiger partial charge is 0.480 e. The molecule has 0 bridgehead atoms. The molecule has 0 fully saturated rings. The van der Waals surface area contributed by atoms with Crippen molar-refractivity contribution in [1.82, 2.24) is 9.97 Å². The van der Waals surface area contributed by atoms with Gasteiger partial charge in [-0.2, -0.15) is 0 Å². The molecule has 0 amide bonds. The zero-order valence-corrected chi connectivity index (χ0v) is 10.7. The molecule has 2 aromatic rings. The Hall–Kier alpha value is -1.95. The van der Waals surface area contributed by atoms with Crippen LogP contribution in [0.1, 0.15) is 11.3 Å². The number of carbonyl (C=O) groups is 1. The first-order chi connectivity index (χ1) is 8.61. The van der Waals surface area contributed by atoms with Crippen LogP contribution in [-0.4, -0.2) is 27.1 Å². The van der Waals surface area contributed by atoms with Crippen LogP contribution in [0.25, 0.3) is 10.2 Å². The first-order valence-electron chi connectivity index (χ1n) is 5.43. The highest BCUT2D eigenvalue weighted by Crippen LogP contribution is 2.27. The number of aromatic nitrogens is 2. The van der Waals surface area contributed by atoms with Crippen molar-refractivity contribution >= 4 is 33.3 Å². The molecule has 1 atom stereocenters. The number of anilines is 1. The Morgan fingerprint density at radius 3 is 3.11 bits per heavy atom. The first kappa shape index (κ1) is 12.5. The molecule has 0 spiro atoms. The van der Waals surface area contributed by atoms with Crippen LogP contribution >= 0.6 is 11.3 Å². The maximum atomic E-state index is 11.1. The molecular weight excluding hydrogens is 250 g/mol. The van der Waals surface area contributed by atoms with Gasteiger partial charge in [0.1, 0.15) is 23.0 Å². The Morgan fingerprint density at radius 1 is 1.67 bits per heavy atom. The fraction of sp³-hybridized carbons (Fsp3) is 0.250. The van der Waals surface area contributed by atoms with Crippen molar-refractivity contribution in [2.75, 3.05) is 5.32 Å². The number of aliphatic carboxylic acids is 1. The van der Waals surface area contributed by atoms with Crippen LogP contribution in [0.4, 0.5) is 5.82 Å². The number of hydrogen-bond donors (Lipinski definition) is 2. The van der Waals surface area contributed by atoms with E-state index < -0.39 is 12.0 Å². The zero-order chi connectivity index (χ0) is 13.1. The highest BCUT2D eigenvalue weighted by atomic mass is 32.1. The molecule has 6 heteroatoms. The van der Waals surface area contributed by atoms with Crippen molar-refractivity contribution in [3.63, 3.8) is 0 Å². The molecule has 0 aliphatic heterocycles. The molecule has 2 aromatic heterocycles. The molecule has 2 N–H and O–H groups in total. The Morgan fingerprint density at radius 2 is 2.44 bits per heavy atom. The molecule has 0 aromatic carbocycles. The smallest absolute Gasteiger partial charge is 0.326 e. The van der Waals surface area contributed by atoms with Crippen LogP contribution in [0.5, 0.6) is 0 Å². The van der Waals surface area contributed by atoms with E-state index in [1.165, 1.54) is 6.33 Å². The van der Waals surface area contributed by atoms with E-state index in [2.05, 4.69) is 21.9 Å². The van der Waals surface area contributed by atoms with Crippen molar-refractivity contribution in [3.8, 4) is 0 Å². The van der Waals surface area contributed by atoms with Gasteiger partial charge in [-0.25, -0.2) is 14.8 Å². The van der Waals surface area contributed by atoms with E-state index in [9.17, 15) is 4.79 Å². The predicted octanol–water partition coefficient (Wildman–Crippen LogP) is 2.44. The molecule has 5 nitrogen and oxygen atoms in total. The molecule has 0 radical (unpaired) electrons. The molecule has 1 unspecified atom stereocenters. The summed E-state index contributed by atoms with van der Waals surface area (Å²) in [6.45, 7) is 5.54. The molecule has 2 rings (SSSR count). The SMILES string of the molecule is C=CCC(Nc1ncnc2sc(C)cc12)C(=O)O. The fourth-order valence-electron chi connectivity index (χ4n) is 1.64. The average Bonchev–Trinajstić information content (AvgIpc) is 2.69. The molecule has 18 heavy (non-hydrogen) atoms. The minimum Gasteiger partial charge on any atom is -0.480 e. The normalized spacial score (nSPS) is 12.3. The summed E-state index contributed by atoms with van der Waals surface area (Å²) >= 11 is 1.56. The van der Waals surface area contributed by atoms with Crippen molar-refractivity contribution in [2.45, 2.75) is 19.4 Å². The monoisotopic (exact) mass is 263 g/mol. The van der Waals surface area contributed by atoms with Gasteiger partial charge in [0.05, 0.1) is 5.39 Å². The summed E-state index contributed by atoms with van der Waals surface area (Å²) < 4.78 is 0. The van der Waals surface area contributed by atoms with Crippen LogP contribution in [0.2, 0.25) is 0 Å². The van der Waals surface area contributed by atoms with E-state index in [0.29, 0.717) is 12.2 Å². The second-order valence-electron chi connectivity index (χ2n) is 3.86. The Bertz CT molecular complexity index is 594. The van der Waals surface area contributed by atoms with Gasteiger partial charge in [0.15, 0.2) is 0 Å². The Labute approximate surface area is 108 Å². The lowest BCUT2D eigenvalue weighted by atomic mass is 10.2. The number of rotatable bonds is 5. The quantitative estimate of drug-likeness (QED) is 0.810. The number of carboxylic acids is 1. The molecule has 2 heterocycles. The molecule has 0 aliphatic rings. The summed E-state index contributed by atoms with van der Waals surface area (Å²) in [4.78, 5) is 21.3. The summed E-state index contributed by atoms with van der Waals surface area (Å²) in [6, 6.07) is 1.23. The van der Waals surface area contributed by atoms with Gasteiger partial charge in [-0.05, 0) is 19.4 Å². The zero-order valence-electron chi connectivity index (χ0n) is 9.88. The van der Waals surface area contributed by atoms with E-state index in [1.54, 1.807) is 17.4 Å². The van der Waals surface area contributed by atoms with Crippen LogP contribution in [0.15, 0.2) is 25.0 Å². The minimum atomic E-state index is -0.923. The first-order valence-corrected chi connectivity index (χ1v) is 6.25. The topological polar surface area (TPSA) is 75.1 Å². The highest BCUT2D eigenvalue weighted by molar-refractivity contribution is 7.18. The van der Waals surface area contributed by atoms with Crippen LogP contribution in [0, 0.1) is 6.92 Å². The number of carboxylic acid groups (broad SMARTS) is 1. The number of nitrogens with zero attached hydrogens (tertiary/aromatic N) is 2. The number of thiophene rings is 1. The Kier molecular flexibility index (Phi) is 3.57. The lowest BCUT2D eigenvalue weighted by Crippen LogP contribution is -2.29. The van der Waals surface area contributed by atoms with E-state index in [-0.39, 0.29) is 0 Å². The highest BCUT2D eigenvalue weighted by Gasteiger charge is 2.17. The number of fused-ring (bicyclic) bond motifs is 1. The molecule has 0 saturated carbocycles. The molecule has 0 aliphatic carbocycles. The lowest BCUT2D eigenvalue weighted by Gasteiger charge is -2.13. The fourth-order valence-corrected chi connectivity index (χ4v) is 2.49. The number of aryl methyl sites for hydroxylation is 1. The molecule has 0 saturated heterocycles. The van der Waals surface area contributed by atoms with Gasteiger partial charge in [-0.3, -0.25) is 0 Å². The van der Waals surface area contributed by atoms with Crippen LogP contribution < -0.4 is 5.32 Å². The third-order valence-corrected chi connectivity index (χ3v) is 3.42.